The molecular formula is C15H21N5O4. The molecule has 0 aromatic carbocycles. The van der Waals surface area contributed by atoms with E-state index in [4.69, 9.17) is 4.74 Å². The van der Waals surface area contributed by atoms with Crippen LogP contribution in [0, 0.1) is 6.92 Å². The molecule has 0 radical (unpaired) electrons. The number of imide groups is 1. The van der Waals surface area contributed by atoms with Crippen molar-refractivity contribution in [2.75, 3.05) is 26.2 Å². The predicted molar refractivity (Wildman–Crippen MR) is 82.9 cm³/mol. The zero-order chi connectivity index (χ0) is 17.5. The van der Waals surface area contributed by atoms with Gasteiger partial charge in [-0.2, -0.15) is 0 Å². The zero-order valence-electron chi connectivity index (χ0n) is 14.0. The molecule has 9 heteroatoms. The average molecular weight is 335 g/mol. The summed E-state index contributed by atoms with van der Waals surface area (Å²) in [5.41, 5.74) is -0.0602. The Kier molecular flexibility index (Phi) is 4.04. The molecule has 0 spiro atoms. The largest absolute Gasteiger partial charge is 0.367 e. The fraction of sp³-hybridized carbons (Fsp3) is 0.600. The van der Waals surface area contributed by atoms with E-state index in [1.165, 1.54) is 0 Å². The Balaban J connectivity index is 1.65. The first-order valence-electron chi connectivity index (χ1n) is 7.83. The van der Waals surface area contributed by atoms with Crippen LogP contribution in [-0.4, -0.2) is 69.4 Å². The van der Waals surface area contributed by atoms with E-state index in [1.807, 2.05) is 6.92 Å². The highest BCUT2D eigenvalue weighted by Gasteiger charge is 2.45. The zero-order valence-corrected chi connectivity index (χ0v) is 14.0. The molecule has 1 atom stereocenters. The Morgan fingerprint density at radius 2 is 2.21 bits per heavy atom. The maximum Gasteiger partial charge on any atom is 0.325 e. The van der Waals surface area contributed by atoms with E-state index in [0.717, 1.165) is 10.6 Å². The van der Waals surface area contributed by atoms with Crippen LogP contribution in [0.25, 0.3) is 0 Å². The minimum atomic E-state index is -0.976. The van der Waals surface area contributed by atoms with Crippen LogP contribution < -0.4 is 5.32 Å². The predicted octanol–water partition coefficient (Wildman–Crippen LogP) is -0.0516. The Morgan fingerprint density at radius 1 is 1.46 bits per heavy atom. The van der Waals surface area contributed by atoms with Crippen LogP contribution in [-0.2, 0) is 14.3 Å². The highest BCUT2D eigenvalue weighted by atomic mass is 16.5. The lowest BCUT2D eigenvalue weighted by atomic mass is 10.1. The summed E-state index contributed by atoms with van der Waals surface area (Å²) in [6, 6.07) is -0.537. The fourth-order valence-electron chi connectivity index (χ4n) is 2.83. The van der Waals surface area contributed by atoms with Gasteiger partial charge in [-0.1, -0.05) is 0 Å². The van der Waals surface area contributed by atoms with Crippen LogP contribution in [0.4, 0.5) is 4.79 Å². The fourth-order valence-corrected chi connectivity index (χ4v) is 2.83. The third-order valence-electron chi connectivity index (χ3n) is 4.18. The van der Waals surface area contributed by atoms with Crippen molar-refractivity contribution in [1.82, 2.24) is 25.1 Å². The molecule has 0 saturated carbocycles. The monoisotopic (exact) mass is 335 g/mol. The highest BCUT2D eigenvalue weighted by Crippen LogP contribution is 2.21. The van der Waals surface area contributed by atoms with Crippen LogP contribution >= 0.6 is 0 Å². The van der Waals surface area contributed by atoms with Gasteiger partial charge in [-0.05, 0) is 20.8 Å². The summed E-state index contributed by atoms with van der Waals surface area (Å²) >= 11 is 0. The van der Waals surface area contributed by atoms with Gasteiger partial charge in [-0.25, -0.2) is 9.78 Å². The maximum atomic E-state index is 12.5. The summed E-state index contributed by atoms with van der Waals surface area (Å²) in [6.07, 6.45) is 1.37. The van der Waals surface area contributed by atoms with Gasteiger partial charge in [0.2, 0.25) is 5.91 Å². The van der Waals surface area contributed by atoms with Gasteiger partial charge in [0.05, 0.1) is 13.2 Å². The molecule has 2 N–H and O–H groups in total. The molecule has 4 amide bonds. The van der Waals surface area contributed by atoms with Crippen LogP contribution in [0.5, 0.6) is 0 Å². The molecule has 2 aliphatic heterocycles. The lowest BCUT2D eigenvalue weighted by Crippen LogP contribution is -2.48. The van der Waals surface area contributed by atoms with E-state index >= 15 is 0 Å². The van der Waals surface area contributed by atoms with Gasteiger partial charge in [0.15, 0.2) is 0 Å². The van der Waals surface area contributed by atoms with E-state index in [1.54, 1.807) is 24.9 Å². The maximum absolute atomic E-state index is 12.5. The van der Waals surface area contributed by atoms with Crippen molar-refractivity contribution >= 4 is 17.8 Å². The summed E-state index contributed by atoms with van der Waals surface area (Å²) in [6.45, 7) is 5.98. The van der Waals surface area contributed by atoms with Crippen molar-refractivity contribution in [3.8, 4) is 0 Å². The Hall–Kier alpha value is -2.42. The number of ether oxygens (including phenoxy) is 1. The first-order valence-corrected chi connectivity index (χ1v) is 7.83. The molecule has 2 fully saturated rings. The number of H-pyrrole nitrogens is 1. The smallest absolute Gasteiger partial charge is 0.325 e. The number of carbonyl (C=O) groups excluding carboxylic acids is 3. The lowest BCUT2D eigenvalue weighted by Gasteiger charge is -2.32. The summed E-state index contributed by atoms with van der Waals surface area (Å²) in [7, 11) is 0. The van der Waals surface area contributed by atoms with Crippen LogP contribution in [0.3, 0.4) is 0 Å². The van der Waals surface area contributed by atoms with Crippen LogP contribution in [0.2, 0.25) is 0 Å². The molecule has 9 nitrogen and oxygen atoms in total. The lowest BCUT2D eigenvalue weighted by molar-refractivity contribution is -0.143. The van der Waals surface area contributed by atoms with Gasteiger partial charge < -0.3 is 19.9 Å². The Bertz CT molecular complexity index is 683. The van der Waals surface area contributed by atoms with Crippen molar-refractivity contribution in [2.45, 2.75) is 32.4 Å². The molecule has 0 unspecified atom stereocenters. The number of hydrogen-bond donors (Lipinski definition) is 2. The first-order chi connectivity index (χ1) is 11.3. The van der Waals surface area contributed by atoms with Crippen molar-refractivity contribution < 1.29 is 19.1 Å². The molecule has 1 aromatic rings. The van der Waals surface area contributed by atoms with Crippen molar-refractivity contribution in [3.05, 3.63) is 17.7 Å². The third kappa shape index (κ3) is 2.99. The quantitative estimate of drug-likeness (QED) is 0.753. The number of aromatic nitrogens is 2. The van der Waals surface area contributed by atoms with E-state index in [0.29, 0.717) is 25.5 Å². The van der Waals surface area contributed by atoms with Crippen LogP contribution in [0.15, 0.2) is 6.20 Å². The molecule has 2 aliphatic rings. The van der Waals surface area contributed by atoms with Crippen molar-refractivity contribution in [3.63, 3.8) is 0 Å². The number of nitrogens with zero attached hydrogens (tertiary/aromatic N) is 3. The van der Waals surface area contributed by atoms with Gasteiger partial charge in [0.25, 0.3) is 5.91 Å². The van der Waals surface area contributed by atoms with Crippen molar-refractivity contribution in [1.29, 1.82) is 0 Å². The second-order valence-corrected chi connectivity index (χ2v) is 6.60. The van der Waals surface area contributed by atoms with E-state index in [-0.39, 0.29) is 18.6 Å². The molecule has 24 heavy (non-hydrogen) atoms. The number of amides is 4. The van der Waals surface area contributed by atoms with Crippen LogP contribution in [0.1, 0.15) is 31.5 Å². The number of hydrogen-bond acceptors (Lipinski definition) is 5. The first kappa shape index (κ1) is 16.4. The topological polar surface area (TPSA) is 108 Å². The summed E-state index contributed by atoms with van der Waals surface area (Å²) < 4.78 is 5.66. The highest BCUT2D eigenvalue weighted by molar-refractivity contribution is 6.08. The third-order valence-corrected chi connectivity index (χ3v) is 4.18. The number of morpholine rings is 1. The number of aryl methyl sites for hydroxylation is 1. The number of carbonyl (C=O) groups is 3. The van der Waals surface area contributed by atoms with E-state index < -0.39 is 17.5 Å². The van der Waals surface area contributed by atoms with Gasteiger partial charge in [-0.3, -0.25) is 14.5 Å². The molecule has 2 saturated heterocycles. The Morgan fingerprint density at radius 3 is 2.79 bits per heavy atom. The Labute approximate surface area is 139 Å². The molecule has 0 aliphatic carbocycles. The number of rotatable bonds is 3. The number of imidazole rings is 1. The summed E-state index contributed by atoms with van der Waals surface area (Å²) in [5, 5.41) is 2.57. The van der Waals surface area contributed by atoms with Gasteiger partial charge in [0, 0.05) is 18.4 Å². The van der Waals surface area contributed by atoms with E-state index in [9.17, 15) is 14.4 Å². The minimum absolute atomic E-state index is 0.266. The number of nitrogens with one attached hydrogen (secondary N) is 2. The van der Waals surface area contributed by atoms with Gasteiger partial charge in [-0.15, -0.1) is 0 Å². The van der Waals surface area contributed by atoms with Crippen molar-refractivity contribution in [2.24, 2.45) is 0 Å². The SMILES string of the molecule is Cc1cnc([C@@H]2CN(C(=O)CN3C(=O)NC(C)(C)C3=O)CCO2)[nH]1. The molecule has 3 heterocycles. The number of aromatic amines is 1. The average Bonchev–Trinajstić information content (AvgIpc) is 3.04. The standard InChI is InChI=1S/C15H21N5O4/c1-9-6-16-12(17-9)10-7-19(4-5-24-10)11(21)8-20-13(22)15(2,3)18-14(20)23/h6,10H,4-5,7-8H2,1-3H3,(H,16,17)(H,18,23)/t10-/m0/s1. The van der Waals surface area contributed by atoms with Gasteiger partial charge >= 0.3 is 6.03 Å². The second-order valence-electron chi connectivity index (χ2n) is 6.60. The normalized spacial score (nSPS) is 23.5. The second kappa shape index (κ2) is 5.90. The molecular weight excluding hydrogens is 314 g/mol. The molecule has 1 aromatic heterocycles. The molecule has 0 bridgehead atoms. The minimum Gasteiger partial charge on any atom is -0.367 e. The summed E-state index contributed by atoms with van der Waals surface area (Å²) in [4.78, 5) is 46.5. The van der Waals surface area contributed by atoms with E-state index in [2.05, 4.69) is 15.3 Å². The number of urea groups is 1. The summed E-state index contributed by atoms with van der Waals surface area (Å²) in [5.74, 6) is -0.0128. The molecule has 130 valence electrons. The van der Waals surface area contributed by atoms with Gasteiger partial charge in [0.1, 0.15) is 24.0 Å². The molecule has 3 rings (SSSR count).